The molecule has 0 aliphatic carbocycles. The van der Waals surface area contributed by atoms with Gasteiger partial charge in [0.25, 0.3) is 0 Å². The number of anilines is 1. The van der Waals surface area contributed by atoms with Gasteiger partial charge in [-0.05, 0) is 40.5 Å². The van der Waals surface area contributed by atoms with Crippen molar-refractivity contribution in [1.29, 1.82) is 5.26 Å². The lowest BCUT2D eigenvalue weighted by molar-refractivity contribution is -0.115. The van der Waals surface area contributed by atoms with Gasteiger partial charge in [0.2, 0.25) is 5.91 Å². The highest BCUT2D eigenvalue weighted by Gasteiger charge is 2.07. The van der Waals surface area contributed by atoms with Crippen molar-refractivity contribution in [2.75, 3.05) is 5.32 Å². The van der Waals surface area contributed by atoms with Crippen LogP contribution in [0.2, 0.25) is 0 Å². The normalized spacial score (nSPS) is 9.47. The highest BCUT2D eigenvalue weighted by atomic mass is 79.9. The molecule has 0 bridgehead atoms. The van der Waals surface area contributed by atoms with E-state index in [-0.39, 0.29) is 12.3 Å². The first-order valence-corrected chi connectivity index (χ1v) is 5.75. The van der Waals surface area contributed by atoms with Gasteiger partial charge in [-0.25, -0.2) is 0 Å². The summed E-state index contributed by atoms with van der Waals surface area (Å²) in [7, 11) is 0. The van der Waals surface area contributed by atoms with E-state index in [0.717, 1.165) is 14.5 Å². The third-order valence-corrected chi connectivity index (χ3v) is 3.27. The molecule has 0 saturated heterocycles. The second-order valence-electron chi connectivity index (χ2n) is 2.96. The summed E-state index contributed by atoms with van der Waals surface area (Å²) in [4.78, 5) is 11.2. The van der Waals surface area contributed by atoms with Crippen LogP contribution in [0.3, 0.4) is 0 Å². The molecular weight excluding hydrogens is 324 g/mol. The number of hydrogen-bond donors (Lipinski definition) is 1. The summed E-state index contributed by atoms with van der Waals surface area (Å²) < 4.78 is 1.72. The topological polar surface area (TPSA) is 52.9 Å². The third-order valence-electron chi connectivity index (χ3n) is 1.76. The summed E-state index contributed by atoms with van der Waals surface area (Å²) in [6.45, 7) is 1.95. The van der Waals surface area contributed by atoms with Gasteiger partial charge in [0, 0.05) is 8.95 Å². The van der Waals surface area contributed by atoms with Crippen molar-refractivity contribution in [3.8, 4) is 6.07 Å². The van der Waals surface area contributed by atoms with E-state index in [1.54, 1.807) is 12.1 Å². The van der Waals surface area contributed by atoms with Gasteiger partial charge >= 0.3 is 0 Å². The van der Waals surface area contributed by atoms with Crippen molar-refractivity contribution >= 4 is 43.5 Å². The lowest BCUT2D eigenvalue weighted by Crippen LogP contribution is -2.10. The predicted molar refractivity (Wildman–Crippen MR) is 65.4 cm³/mol. The molecule has 1 amide bonds. The summed E-state index contributed by atoms with van der Waals surface area (Å²) in [5.41, 5.74) is 1.73. The molecule has 0 fully saturated rings. The summed E-state index contributed by atoms with van der Waals surface area (Å²) in [5.74, 6) is -0.311. The van der Waals surface area contributed by atoms with Gasteiger partial charge in [-0.2, -0.15) is 5.26 Å². The number of rotatable bonds is 2. The molecule has 0 aromatic heterocycles. The van der Waals surface area contributed by atoms with Crippen molar-refractivity contribution < 1.29 is 4.79 Å². The Morgan fingerprint density at radius 2 is 2.13 bits per heavy atom. The molecule has 1 rings (SSSR count). The zero-order chi connectivity index (χ0) is 11.4. The van der Waals surface area contributed by atoms with Gasteiger partial charge in [0.05, 0.1) is 11.8 Å². The second kappa shape index (κ2) is 5.29. The molecule has 0 radical (unpaired) electrons. The molecule has 1 N–H and O–H groups in total. The molecule has 15 heavy (non-hydrogen) atoms. The SMILES string of the molecule is Cc1cc(Br)c(NC(=O)CC#N)cc1Br. The number of nitriles is 1. The van der Waals surface area contributed by atoms with Crippen LogP contribution in [0, 0.1) is 18.3 Å². The summed E-state index contributed by atoms with van der Waals surface area (Å²) >= 11 is 6.71. The first kappa shape index (κ1) is 12.2. The molecule has 3 nitrogen and oxygen atoms in total. The fourth-order valence-corrected chi connectivity index (χ4v) is 1.91. The Balaban J connectivity index is 2.92. The average Bonchev–Trinajstić information content (AvgIpc) is 2.14. The lowest BCUT2D eigenvalue weighted by Gasteiger charge is -2.08. The standard InChI is InChI=1S/C10H8Br2N2O/c1-6-4-8(12)9(5-7(6)11)14-10(15)2-3-13/h4-5H,2H2,1H3,(H,14,15). The van der Waals surface area contributed by atoms with Crippen LogP contribution in [0.5, 0.6) is 0 Å². The number of hydrogen-bond acceptors (Lipinski definition) is 2. The third kappa shape index (κ3) is 3.33. The van der Waals surface area contributed by atoms with E-state index < -0.39 is 0 Å². The van der Waals surface area contributed by atoms with Crippen LogP contribution >= 0.6 is 31.9 Å². The van der Waals surface area contributed by atoms with Crippen molar-refractivity contribution in [2.24, 2.45) is 0 Å². The summed E-state index contributed by atoms with van der Waals surface area (Å²) in [6.07, 6.45) is -0.141. The number of carbonyl (C=O) groups excluding carboxylic acids is 1. The number of benzene rings is 1. The second-order valence-corrected chi connectivity index (χ2v) is 4.67. The maximum Gasteiger partial charge on any atom is 0.238 e. The van der Waals surface area contributed by atoms with E-state index in [9.17, 15) is 4.79 Å². The van der Waals surface area contributed by atoms with Gasteiger partial charge in [-0.3, -0.25) is 4.79 Å². The number of aryl methyl sites for hydroxylation is 1. The highest BCUT2D eigenvalue weighted by molar-refractivity contribution is 9.11. The maximum atomic E-state index is 11.2. The molecule has 0 saturated carbocycles. The van der Waals surface area contributed by atoms with E-state index >= 15 is 0 Å². The minimum absolute atomic E-state index is 0.141. The Labute approximate surface area is 105 Å². The molecule has 0 spiro atoms. The Morgan fingerprint density at radius 3 is 2.73 bits per heavy atom. The van der Waals surface area contributed by atoms with Crippen LogP contribution < -0.4 is 5.32 Å². The summed E-state index contributed by atoms with van der Waals surface area (Å²) in [6, 6.07) is 5.49. The molecule has 0 atom stereocenters. The first-order valence-electron chi connectivity index (χ1n) is 4.17. The molecule has 78 valence electrons. The number of amides is 1. The van der Waals surface area contributed by atoms with Crippen molar-refractivity contribution in [2.45, 2.75) is 13.3 Å². The smallest absolute Gasteiger partial charge is 0.238 e. The minimum atomic E-state index is -0.311. The quantitative estimate of drug-likeness (QED) is 0.903. The number of halogens is 2. The Bertz CT molecular complexity index is 438. The number of carbonyl (C=O) groups is 1. The average molecular weight is 332 g/mol. The van der Waals surface area contributed by atoms with Crippen molar-refractivity contribution in [1.82, 2.24) is 0 Å². The van der Waals surface area contributed by atoms with Crippen molar-refractivity contribution in [3.05, 3.63) is 26.6 Å². The van der Waals surface area contributed by atoms with Gasteiger partial charge in [-0.15, -0.1) is 0 Å². The van der Waals surface area contributed by atoms with Crippen LogP contribution in [-0.4, -0.2) is 5.91 Å². The Hall–Kier alpha value is -0.860. The van der Waals surface area contributed by atoms with E-state index in [2.05, 4.69) is 37.2 Å². The largest absolute Gasteiger partial charge is 0.324 e. The predicted octanol–water partition coefficient (Wildman–Crippen LogP) is 3.37. The Kier molecular flexibility index (Phi) is 4.30. The summed E-state index contributed by atoms with van der Waals surface area (Å²) in [5, 5.41) is 11.0. The van der Waals surface area contributed by atoms with Crippen LogP contribution in [0.15, 0.2) is 21.1 Å². The monoisotopic (exact) mass is 330 g/mol. The van der Waals surface area contributed by atoms with Crippen LogP contribution in [0.4, 0.5) is 5.69 Å². The van der Waals surface area contributed by atoms with E-state index in [1.165, 1.54) is 0 Å². The molecule has 0 unspecified atom stereocenters. The van der Waals surface area contributed by atoms with Crippen LogP contribution in [0.25, 0.3) is 0 Å². The molecular formula is C10H8Br2N2O. The fraction of sp³-hybridized carbons (Fsp3) is 0.200. The van der Waals surface area contributed by atoms with Gasteiger partial charge < -0.3 is 5.32 Å². The molecule has 1 aromatic rings. The first-order chi connectivity index (χ1) is 7.04. The van der Waals surface area contributed by atoms with Gasteiger partial charge in [0.15, 0.2) is 0 Å². The molecule has 0 heterocycles. The van der Waals surface area contributed by atoms with Crippen molar-refractivity contribution in [3.63, 3.8) is 0 Å². The Morgan fingerprint density at radius 1 is 1.47 bits per heavy atom. The zero-order valence-corrected chi connectivity index (χ0v) is 11.1. The zero-order valence-electron chi connectivity index (χ0n) is 7.97. The maximum absolute atomic E-state index is 11.2. The van der Waals surface area contributed by atoms with E-state index in [4.69, 9.17) is 5.26 Å². The van der Waals surface area contributed by atoms with Gasteiger partial charge in [-0.1, -0.05) is 15.9 Å². The number of nitrogens with one attached hydrogen (secondary N) is 1. The number of nitrogens with zero attached hydrogens (tertiary/aromatic N) is 1. The molecule has 1 aromatic carbocycles. The minimum Gasteiger partial charge on any atom is -0.324 e. The van der Waals surface area contributed by atoms with Gasteiger partial charge in [0.1, 0.15) is 6.42 Å². The fourth-order valence-electron chi connectivity index (χ4n) is 1.01. The lowest BCUT2D eigenvalue weighted by atomic mass is 10.2. The molecule has 5 heteroatoms. The molecule has 0 aliphatic rings. The van der Waals surface area contributed by atoms with Crippen LogP contribution in [0.1, 0.15) is 12.0 Å². The van der Waals surface area contributed by atoms with Crippen LogP contribution in [-0.2, 0) is 4.79 Å². The highest BCUT2D eigenvalue weighted by Crippen LogP contribution is 2.29. The van der Waals surface area contributed by atoms with E-state index in [1.807, 2.05) is 13.0 Å². The molecule has 0 aliphatic heterocycles. The van der Waals surface area contributed by atoms with E-state index in [0.29, 0.717) is 5.69 Å².